The molecule has 0 amide bonds. The molecule has 2 rings (SSSR count). The van der Waals surface area contributed by atoms with Crippen LogP contribution in [0, 0.1) is 29.9 Å². The summed E-state index contributed by atoms with van der Waals surface area (Å²) in [5.41, 5.74) is 0.274. The van der Waals surface area contributed by atoms with E-state index in [0.717, 1.165) is 18.2 Å². The second-order valence-electron chi connectivity index (χ2n) is 3.28. The Morgan fingerprint density at radius 2 is 2.12 bits per heavy atom. The summed E-state index contributed by atoms with van der Waals surface area (Å²) < 4.78 is 26.4. The van der Waals surface area contributed by atoms with E-state index < -0.39 is 11.6 Å². The van der Waals surface area contributed by atoms with Crippen molar-refractivity contribution in [1.29, 1.82) is 5.26 Å². The van der Waals surface area contributed by atoms with Gasteiger partial charge in [-0.3, -0.25) is 0 Å². The molecule has 16 heavy (non-hydrogen) atoms. The Morgan fingerprint density at radius 3 is 2.81 bits per heavy atom. The maximum atomic E-state index is 13.5. The smallest absolute Gasteiger partial charge is 0.166 e. The van der Waals surface area contributed by atoms with Crippen LogP contribution in [0.25, 0.3) is 11.3 Å². The minimum Gasteiger partial charge on any atom is -0.341 e. The molecule has 1 N–H and O–H groups in total. The van der Waals surface area contributed by atoms with Gasteiger partial charge in [-0.1, -0.05) is 0 Å². The number of benzene rings is 1. The standard InChI is InChI=1S/C11H7F2N3/c1-6-15-10(5-14)11(16-6)8-4-7(12)2-3-9(8)13/h2-4H,1H3,(H,15,16). The van der Waals surface area contributed by atoms with E-state index in [4.69, 9.17) is 5.26 Å². The first-order chi connectivity index (χ1) is 7.61. The Bertz CT molecular complexity index is 581. The molecule has 0 spiro atoms. The number of aryl methyl sites for hydroxylation is 1. The van der Waals surface area contributed by atoms with Crippen molar-refractivity contribution >= 4 is 0 Å². The number of nitrogens with one attached hydrogen (secondary N) is 1. The lowest BCUT2D eigenvalue weighted by Crippen LogP contribution is -1.89. The molecule has 0 unspecified atom stereocenters. The van der Waals surface area contributed by atoms with Gasteiger partial charge in [0.2, 0.25) is 0 Å². The highest BCUT2D eigenvalue weighted by Gasteiger charge is 2.14. The fourth-order valence-electron chi connectivity index (χ4n) is 1.46. The van der Waals surface area contributed by atoms with Crippen LogP contribution in [0.5, 0.6) is 0 Å². The van der Waals surface area contributed by atoms with Crippen molar-refractivity contribution in [1.82, 2.24) is 9.97 Å². The molecule has 3 nitrogen and oxygen atoms in total. The Hall–Kier alpha value is -2.22. The highest BCUT2D eigenvalue weighted by atomic mass is 19.1. The first-order valence-corrected chi connectivity index (χ1v) is 4.54. The summed E-state index contributed by atoms with van der Waals surface area (Å²) in [5.74, 6) is -0.677. The van der Waals surface area contributed by atoms with Crippen LogP contribution in [0.4, 0.5) is 8.78 Å². The van der Waals surface area contributed by atoms with Crippen LogP contribution >= 0.6 is 0 Å². The highest BCUT2D eigenvalue weighted by molar-refractivity contribution is 5.65. The summed E-state index contributed by atoms with van der Waals surface area (Å²) >= 11 is 0. The summed E-state index contributed by atoms with van der Waals surface area (Å²) in [5, 5.41) is 8.80. The van der Waals surface area contributed by atoms with Gasteiger partial charge in [-0.25, -0.2) is 13.8 Å². The molecule has 0 aliphatic heterocycles. The van der Waals surface area contributed by atoms with Crippen molar-refractivity contribution in [3.05, 3.63) is 41.4 Å². The third kappa shape index (κ3) is 1.65. The van der Waals surface area contributed by atoms with Crippen molar-refractivity contribution in [3.63, 3.8) is 0 Å². The Kier molecular flexibility index (Phi) is 2.41. The molecule has 0 atom stereocenters. The van der Waals surface area contributed by atoms with Crippen molar-refractivity contribution in [2.24, 2.45) is 0 Å². The minimum atomic E-state index is -0.596. The second kappa shape index (κ2) is 3.74. The van der Waals surface area contributed by atoms with Gasteiger partial charge in [0.25, 0.3) is 0 Å². The van der Waals surface area contributed by atoms with E-state index in [1.165, 1.54) is 0 Å². The van der Waals surface area contributed by atoms with Crippen molar-refractivity contribution < 1.29 is 8.78 Å². The predicted molar refractivity (Wildman–Crippen MR) is 53.4 cm³/mol. The number of nitrogens with zero attached hydrogens (tertiary/aromatic N) is 2. The fourth-order valence-corrected chi connectivity index (χ4v) is 1.46. The zero-order chi connectivity index (χ0) is 11.7. The molecule has 0 aliphatic rings. The van der Waals surface area contributed by atoms with Crippen LogP contribution in [0.2, 0.25) is 0 Å². The Labute approximate surface area is 90.4 Å². The number of hydrogen-bond acceptors (Lipinski definition) is 2. The summed E-state index contributed by atoms with van der Waals surface area (Å²) in [6, 6.07) is 4.90. The summed E-state index contributed by atoms with van der Waals surface area (Å²) in [7, 11) is 0. The van der Waals surface area contributed by atoms with Crippen molar-refractivity contribution in [2.45, 2.75) is 6.92 Å². The maximum Gasteiger partial charge on any atom is 0.166 e. The number of halogens is 2. The quantitative estimate of drug-likeness (QED) is 0.801. The van der Waals surface area contributed by atoms with Gasteiger partial charge < -0.3 is 4.98 Å². The molecule has 2 aromatic rings. The summed E-state index contributed by atoms with van der Waals surface area (Å²) in [4.78, 5) is 6.61. The van der Waals surface area contributed by atoms with Gasteiger partial charge in [-0.2, -0.15) is 5.26 Å². The zero-order valence-corrected chi connectivity index (χ0v) is 8.38. The van der Waals surface area contributed by atoms with Crippen LogP contribution in [-0.4, -0.2) is 9.97 Å². The average molecular weight is 219 g/mol. The number of rotatable bonds is 1. The predicted octanol–water partition coefficient (Wildman–Crippen LogP) is 2.54. The van der Waals surface area contributed by atoms with Crippen molar-refractivity contribution in [3.8, 4) is 17.3 Å². The molecular weight excluding hydrogens is 212 g/mol. The van der Waals surface area contributed by atoms with Gasteiger partial charge >= 0.3 is 0 Å². The summed E-state index contributed by atoms with van der Waals surface area (Å²) in [6.07, 6.45) is 0. The number of hydrogen-bond donors (Lipinski definition) is 1. The molecule has 1 aromatic carbocycles. The fraction of sp³-hybridized carbons (Fsp3) is 0.0909. The molecule has 0 fully saturated rings. The highest BCUT2D eigenvalue weighted by Crippen LogP contribution is 2.24. The normalized spacial score (nSPS) is 10.1. The molecule has 0 saturated heterocycles. The molecule has 1 heterocycles. The average Bonchev–Trinajstić information content (AvgIpc) is 2.63. The van der Waals surface area contributed by atoms with Gasteiger partial charge in [0, 0.05) is 5.56 Å². The number of aromatic amines is 1. The molecule has 0 saturated carbocycles. The van der Waals surface area contributed by atoms with Crippen LogP contribution in [0.1, 0.15) is 11.5 Å². The molecule has 80 valence electrons. The van der Waals surface area contributed by atoms with Gasteiger partial charge in [0.05, 0.1) is 5.69 Å². The maximum absolute atomic E-state index is 13.5. The van der Waals surface area contributed by atoms with E-state index in [1.807, 2.05) is 6.07 Å². The summed E-state index contributed by atoms with van der Waals surface area (Å²) in [6.45, 7) is 1.64. The van der Waals surface area contributed by atoms with Gasteiger partial charge in [-0.15, -0.1) is 0 Å². The molecule has 0 bridgehead atoms. The number of nitriles is 1. The number of aromatic nitrogens is 2. The van der Waals surface area contributed by atoms with E-state index in [2.05, 4.69) is 9.97 Å². The largest absolute Gasteiger partial charge is 0.341 e. The number of H-pyrrole nitrogens is 1. The van der Waals surface area contributed by atoms with E-state index >= 15 is 0 Å². The lowest BCUT2D eigenvalue weighted by Gasteiger charge is -2.00. The molecular formula is C11H7F2N3. The van der Waals surface area contributed by atoms with E-state index in [9.17, 15) is 8.78 Å². The first-order valence-electron chi connectivity index (χ1n) is 4.54. The Balaban J connectivity index is 2.67. The SMILES string of the molecule is Cc1nc(C#N)c(-c2cc(F)ccc2F)[nH]1. The molecule has 0 radical (unpaired) electrons. The lowest BCUT2D eigenvalue weighted by molar-refractivity contribution is 0.602. The molecule has 5 heteroatoms. The van der Waals surface area contributed by atoms with Crippen molar-refractivity contribution in [2.75, 3.05) is 0 Å². The third-order valence-electron chi connectivity index (χ3n) is 2.13. The number of imidazole rings is 1. The lowest BCUT2D eigenvalue weighted by atomic mass is 10.1. The monoisotopic (exact) mass is 219 g/mol. The second-order valence-corrected chi connectivity index (χ2v) is 3.28. The van der Waals surface area contributed by atoms with Gasteiger partial charge in [0.15, 0.2) is 5.69 Å². The zero-order valence-electron chi connectivity index (χ0n) is 8.38. The third-order valence-corrected chi connectivity index (χ3v) is 2.13. The van der Waals surface area contributed by atoms with E-state index in [0.29, 0.717) is 5.82 Å². The topological polar surface area (TPSA) is 52.5 Å². The van der Waals surface area contributed by atoms with E-state index in [1.54, 1.807) is 6.92 Å². The van der Waals surface area contributed by atoms with E-state index in [-0.39, 0.29) is 17.0 Å². The first kappa shape index (κ1) is 10.3. The molecule has 1 aromatic heterocycles. The Morgan fingerprint density at radius 1 is 1.38 bits per heavy atom. The van der Waals surface area contributed by atoms with Crippen LogP contribution in [0.3, 0.4) is 0 Å². The van der Waals surface area contributed by atoms with Crippen LogP contribution in [0.15, 0.2) is 18.2 Å². The van der Waals surface area contributed by atoms with Gasteiger partial charge in [0.1, 0.15) is 23.5 Å². The van der Waals surface area contributed by atoms with Crippen LogP contribution < -0.4 is 0 Å². The minimum absolute atomic E-state index is 0.0113. The van der Waals surface area contributed by atoms with Gasteiger partial charge in [-0.05, 0) is 25.1 Å². The molecule has 0 aliphatic carbocycles. The van der Waals surface area contributed by atoms with Crippen LogP contribution in [-0.2, 0) is 0 Å².